The van der Waals surface area contributed by atoms with Crippen molar-refractivity contribution < 1.29 is 9.53 Å². The maximum Gasteiger partial charge on any atom is 0.222 e. The molecule has 22 heavy (non-hydrogen) atoms. The summed E-state index contributed by atoms with van der Waals surface area (Å²) in [6, 6.07) is 8.58. The fourth-order valence-electron chi connectivity index (χ4n) is 3.00. The molecule has 0 bridgehead atoms. The lowest BCUT2D eigenvalue weighted by Crippen LogP contribution is -2.48. The summed E-state index contributed by atoms with van der Waals surface area (Å²) in [7, 11) is 0. The first-order valence-electron chi connectivity index (χ1n) is 8.31. The average Bonchev–Trinajstić information content (AvgIpc) is 2.46. The summed E-state index contributed by atoms with van der Waals surface area (Å²) in [5.41, 5.74) is 7.14. The lowest BCUT2D eigenvalue weighted by Gasteiger charge is -2.36. The molecule has 1 amide bonds. The third-order valence-electron chi connectivity index (χ3n) is 4.28. The number of likely N-dealkylation sites (tertiary alicyclic amines) is 1. The van der Waals surface area contributed by atoms with Gasteiger partial charge in [-0.15, -0.1) is 0 Å². The summed E-state index contributed by atoms with van der Waals surface area (Å²) in [6.45, 7) is 5.62. The molecule has 2 rings (SSSR count). The molecule has 1 aromatic carbocycles. The van der Waals surface area contributed by atoms with E-state index in [1.807, 2.05) is 23.1 Å². The molecule has 0 aromatic heterocycles. The van der Waals surface area contributed by atoms with Crippen LogP contribution in [0.25, 0.3) is 0 Å². The maximum atomic E-state index is 12.2. The summed E-state index contributed by atoms with van der Waals surface area (Å²) in [6.07, 6.45) is 4.23. The van der Waals surface area contributed by atoms with Crippen molar-refractivity contribution in [1.82, 2.24) is 4.90 Å². The van der Waals surface area contributed by atoms with Crippen LogP contribution in [0.1, 0.15) is 44.6 Å². The van der Waals surface area contributed by atoms with Crippen molar-refractivity contribution in [2.75, 3.05) is 13.2 Å². The highest BCUT2D eigenvalue weighted by Crippen LogP contribution is 2.18. The molecule has 1 aliphatic heterocycles. The number of amides is 1. The maximum absolute atomic E-state index is 12.2. The van der Waals surface area contributed by atoms with Crippen molar-refractivity contribution in [2.45, 2.75) is 58.0 Å². The number of ether oxygens (including phenoxy) is 1. The highest BCUT2D eigenvalue weighted by molar-refractivity contribution is 5.76. The summed E-state index contributed by atoms with van der Waals surface area (Å²) < 4.78 is 5.71. The molecular formula is C18H28N2O2. The van der Waals surface area contributed by atoms with Crippen LogP contribution in [0.3, 0.4) is 0 Å². The molecule has 0 spiro atoms. The van der Waals surface area contributed by atoms with Crippen molar-refractivity contribution in [3.8, 4) is 5.75 Å². The Morgan fingerprint density at radius 2 is 2.23 bits per heavy atom. The standard InChI is InChI=1S/C18H28N2O2/c1-14-6-5-7-17(12-14)22-11-4-3-8-18(21)20-10-9-16(19)13-15(20)2/h5-7,12,15-16H,3-4,8-11,13,19H2,1-2H3/t15-,16+/m0/s1. The zero-order chi connectivity index (χ0) is 15.9. The third kappa shape index (κ3) is 5.02. The fourth-order valence-corrected chi connectivity index (χ4v) is 3.00. The van der Waals surface area contributed by atoms with E-state index in [1.54, 1.807) is 0 Å². The minimum absolute atomic E-state index is 0.252. The van der Waals surface area contributed by atoms with Gasteiger partial charge in [0.25, 0.3) is 0 Å². The Morgan fingerprint density at radius 1 is 1.41 bits per heavy atom. The van der Waals surface area contributed by atoms with Crippen LogP contribution >= 0.6 is 0 Å². The number of aryl methyl sites for hydroxylation is 1. The van der Waals surface area contributed by atoms with Crippen LogP contribution in [0.4, 0.5) is 0 Å². The molecule has 1 fully saturated rings. The van der Waals surface area contributed by atoms with Crippen LogP contribution < -0.4 is 10.5 Å². The number of unbranched alkanes of at least 4 members (excludes halogenated alkanes) is 1. The first-order chi connectivity index (χ1) is 10.6. The summed E-state index contributed by atoms with van der Waals surface area (Å²) in [4.78, 5) is 14.2. The smallest absolute Gasteiger partial charge is 0.222 e. The van der Waals surface area contributed by atoms with E-state index in [4.69, 9.17) is 10.5 Å². The van der Waals surface area contributed by atoms with Crippen LogP contribution in [-0.2, 0) is 4.79 Å². The van der Waals surface area contributed by atoms with E-state index >= 15 is 0 Å². The molecule has 0 unspecified atom stereocenters. The van der Waals surface area contributed by atoms with Gasteiger partial charge in [-0.2, -0.15) is 0 Å². The van der Waals surface area contributed by atoms with Gasteiger partial charge in [-0.3, -0.25) is 4.79 Å². The van der Waals surface area contributed by atoms with E-state index in [0.717, 1.165) is 38.0 Å². The van der Waals surface area contributed by atoms with Crippen LogP contribution in [0.15, 0.2) is 24.3 Å². The van der Waals surface area contributed by atoms with Gasteiger partial charge in [0, 0.05) is 25.0 Å². The van der Waals surface area contributed by atoms with Crippen molar-refractivity contribution in [3.63, 3.8) is 0 Å². The van der Waals surface area contributed by atoms with E-state index in [0.29, 0.717) is 13.0 Å². The molecule has 0 radical (unpaired) electrons. The minimum atomic E-state index is 0.252. The highest BCUT2D eigenvalue weighted by atomic mass is 16.5. The molecule has 4 heteroatoms. The number of piperidine rings is 1. The quantitative estimate of drug-likeness (QED) is 0.822. The number of rotatable bonds is 6. The van der Waals surface area contributed by atoms with Crippen molar-refractivity contribution in [2.24, 2.45) is 5.73 Å². The van der Waals surface area contributed by atoms with Crippen molar-refractivity contribution in [1.29, 1.82) is 0 Å². The SMILES string of the molecule is Cc1cccc(OCCCCC(=O)N2CC[C@@H](N)C[C@@H]2C)c1. The molecule has 2 atom stereocenters. The van der Waals surface area contributed by atoms with Gasteiger partial charge < -0.3 is 15.4 Å². The number of carbonyl (C=O) groups excluding carboxylic acids is 1. The zero-order valence-corrected chi connectivity index (χ0v) is 13.8. The second kappa shape index (κ2) is 8.18. The van der Waals surface area contributed by atoms with Gasteiger partial charge >= 0.3 is 0 Å². The minimum Gasteiger partial charge on any atom is -0.494 e. The number of hydrogen-bond donors (Lipinski definition) is 1. The largest absolute Gasteiger partial charge is 0.494 e. The Bertz CT molecular complexity index is 490. The Morgan fingerprint density at radius 3 is 2.95 bits per heavy atom. The average molecular weight is 304 g/mol. The highest BCUT2D eigenvalue weighted by Gasteiger charge is 2.26. The molecule has 1 heterocycles. The van der Waals surface area contributed by atoms with Gasteiger partial charge in [-0.1, -0.05) is 12.1 Å². The van der Waals surface area contributed by atoms with E-state index in [-0.39, 0.29) is 18.0 Å². The topological polar surface area (TPSA) is 55.6 Å². The van der Waals surface area contributed by atoms with E-state index in [9.17, 15) is 4.79 Å². The van der Waals surface area contributed by atoms with Crippen LogP contribution in [0.2, 0.25) is 0 Å². The van der Waals surface area contributed by atoms with Crippen molar-refractivity contribution in [3.05, 3.63) is 29.8 Å². The molecule has 1 saturated heterocycles. The second-order valence-corrected chi connectivity index (χ2v) is 6.34. The van der Waals surface area contributed by atoms with Gasteiger partial charge in [0.1, 0.15) is 5.75 Å². The van der Waals surface area contributed by atoms with E-state index in [1.165, 1.54) is 5.56 Å². The van der Waals surface area contributed by atoms with Gasteiger partial charge in [0.2, 0.25) is 5.91 Å². The molecule has 0 saturated carbocycles. The summed E-state index contributed by atoms with van der Waals surface area (Å²) in [5.74, 6) is 1.17. The number of nitrogens with two attached hydrogens (primary N) is 1. The third-order valence-corrected chi connectivity index (χ3v) is 4.28. The van der Waals surface area contributed by atoms with E-state index < -0.39 is 0 Å². The first kappa shape index (κ1) is 16.8. The number of benzene rings is 1. The van der Waals surface area contributed by atoms with Gasteiger partial charge in [-0.05, 0) is 57.2 Å². The van der Waals surface area contributed by atoms with Gasteiger partial charge in [-0.25, -0.2) is 0 Å². The molecule has 1 aliphatic rings. The van der Waals surface area contributed by atoms with Gasteiger partial charge in [0.05, 0.1) is 6.61 Å². The molecular weight excluding hydrogens is 276 g/mol. The van der Waals surface area contributed by atoms with Crippen LogP contribution in [-0.4, -0.2) is 36.0 Å². The Labute approximate surface area is 133 Å². The number of carbonyl (C=O) groups is 1. The second-order valence-electron chi connectivity index (χ2n) is 6.34. The Balaban J connectivity index is 1.63. The monoisotopic (exact) mass is 304 g/mol. The number of hydrogen-bond acceptors (Lipinski definition) is 3. The molecule has 122 valence electrons. The van der Waals surface area contributed by atoms with Gasteiger partial charge in [0.15, 0.2) is 0 Å². The molecule has 4 nitrogen and oxygen atoms in total. The first-order valence-corrected chi connectivity index (χ1v) is 8.31. The Hall–Kier alpha value is -1.55. The summed E-state index contributed by atoms with van der Waals surface area (Å²) in [5, 5.41) is 0. The Kier molecular flexibility index (Phi) is 6.25. The lowest BCUT2D eigenvalue weighted by molar-refractivity contribution is -0.134. The lowest BCUT2D eigenvalue weighted by atomic mass is 9.98. The fraction of sp³-hybridized carbons (Fsp3) is 0.611. The van der Waals surface area contributed by atoms with Crippen LogP contribution in [0, 0.1) is 6.92 Å². The summed E-state index contributed by atoms with van der Waals surface area (Å²) >= 11 is 0. The van der Waals surface area contributed by atoms with Crippen molar-refractivity contribution >= 4 is 5.91 Å². The molecule has 1 aromatic rings. The zero-order valence-electron chi connectivity index (χ0n) is 13.8. The normalized spacial score (nSPS) is 21.7. The predicted molar refractivity (Wildman–Crippen MR) is 88.9 cm³/mol. The predicted octanol–water partition coefficient (Wildman–Crippen LogP) is 2.88. The molecule has 0 aliphatic carbocycles. The van der Waals surface area contributed by atoms with Crippen LogP contribution in [0.5, 0.6) is 5.75 Å². The van der Waals surface area contributed by atoms with E-state index in [2.05, 4.69) is 19.9 Å². The number of nitrogens with zero attached hydrogens (tertiary/aromatic N) is 1. The molecule has 2 N–H and O–H groups in total.